The largest absolute Gasteiger partial charge is 0.495 e. The second-order valence-electron chi connectivity index (χ2n) is 6.10. The Hall–Kier alpha value is -3.09. The third-order valence-electron chi connectivity index (χ3n) is 4.03. The summed E-state index contributed by atoms with van der Waals surface area (Å²) in [4.78, 5) is 27.5. The standard InChI is InChI=1S/C20H25N3O4/c1-3-4-5-6-9-18(24)22-14-10-11-17(27-2)16(13-14)23-19-15(20(25)26)8-7-12-21-19/h7-8,10-13H,3-6,9H2,1-2H3,(H,21,23)(H,22,24)(H,25,26). The van der Waals surface area contributed by atoms with Crippen LogP contribution in [0.5, 0.6) is 5.75 Å². The van der Waals surface area contributed by atoms with Crippen molar-refractivity contribution in [2.24, 2.45) is 0 Å². The number of aromatic carboxylic acids is 1. The highest BCUT2D eigenvalue weighted by Crippen LogP contribution is 2.31. The predicted octanol–water partition coefficient (Wildman–Crippen LogP) is 4.44. The van der Waals surface area contributed by atoms with E-state index in [2.05, 4.69) is 22.5 Å². The number of methoxy groups -OCH3 is 1. The van der Waals surface area contributed by atoms with Gasteiger partial charge in [0, 0.05) is 18.3 Å². The molecule has 0 spiro atoms. The van der Waals surface area contributed by atoms with Crippen LogP contribution < -0.4 is 15.4 Å². The fourth-order valence-electron chi connectivity index (χ4n) is 2.62. The van der Waals surface area contributed by atoms with Crippen molar-refractivity contribution in [3.63, 3.8) is 0 Å². The zero-order valence-electron chi connectivity index (χ0n) is 15.6. The monoisotopic (exact) mass is 371 g/mol. The van der Waals surface area contributed by atoms with E-state index in [-0.39, 0.29) is 17.3 Å². The van der Waals surface area contributed by atoms with Crippen LogP contribution in [0.25, 0.3) is 0 Å². The molecule has 2 aromatic rings. The van der Waals surface area contributed by atoms with Crippen LogP contribution in [0.3, 0.4) is 0 Å². The third-order valence-corrected chi connectivity index (χ3v) is 4.03. The molecule has 7 nitrogen and oxygen atoms in total. The SMILES string of the molecule is CCCCCCC(=O)Nc1ccc(OC)c(Nc2ncccc2C(=O)O)c1. The Labute approximate surface area is 158 Å². The van der Waals surface area contributed by atoms with Crippen LogP contribution in [0.15, 0.2) is 36.5 Å². The van der Waals surface area contributed by atoms with Gasteiger partial charge in [-0.2, -0.15) is 0 Å². The minimum atomic E-state index is -1.08. The minimum absolute atomic E-state index is 0.0462. The summed E-state index contributed by atoms with van der Waals surface area (Å²) in [5.41, 5.74) is 1.17. The van der Waals surface area contributed by atoms with Gasteiger partial charge in [0.1, 0.15) is 17.1 Å². The number of carboxylic acids is 1. The number of hydrogen-bond donors (Lipinski definition) is 3. The van der Waals surface area contributed by atoms with Crippen LogP contribution in [-0.2, 0) is 4.79 Å². The molecule has 144 valence electrons. The second kappa shape index (κ2) is 10.2. The Bertz CT molecular complexity index is 793. The number of nitrogens with one attached hydrogen (secondary N) is 2. The van der Waals surface area contributed by atoms with Crippen LogP contribution in [0.1, 0.15) is 49.4 Å². The first kappa shape index (κ1) is 20.2. The van der Waals surface area contributed by atoms with Crippen molar-refractivity contribution in [3.8, 4) is 5.75 Å². The van der Waals surface area contributed by atoms with Gasteiger partial charge in [-0.1, -0.05) is 26.2 Å². The van der Waals surface area contributed by atoms with E-state index in [1.165, 1.54) is 19.4 Å². The summed E-state index contributed by atoms with van der Waals surface area (Å²) in [6.45, 7) is 2.13. The number of anilines is 3. The maximum Gasteiger partial charge on any atom is 0.339 e. The smallest absolute Gasteiger partial charge is 0.339 e. The number of ether oxygens (including phenoxy) is 1. The van der Waals surface area contributed by atoms with Crippen LogP contribution in [-0.4, -0.2) is 29.1 Å². The molecular weight excluding hydrogens is 346 g/mol. The number of pyridine rings is 1. The number of nitrogens with zero attached hydrogens (tertiary/aromatic N) is 1. The lowest BCUT2D eigenvalue weighted by molar-refractivity contribution is -0.116. The van der Waals surface area contributed by atoms with Gasteiger partial charge in [-0.15, -0.1) is 0 Å². The summed E-state index contributed by atoms with van der Waals surface area (Å²) in [6, 6.07) is 8.17. The number of rotatable bonds is 10. The van der Waals surface area contributed by atoms with Crippen molar-refractivity contribution >= 4 is 29.1 Å². The Morgan fingerprint density at radius 2 is 2.00 bits per heavy atom. The molecule has 1 heterocycles. The van der Waals surface area contributed by atoms with E-state index in [0.717, 1.165) is 25.7 Å². The quantitative estimate of drug-likeness (QED) is 0.534. The predicted molar refractivity (Wildman–Crippen MR) is 105 cm³/mol. The first-order valence-corrected chi connectivity index (χ1v) is 8.98. The number of carbonyl (C=O) groups excluding carboxylic acids is 1. The molecule has 27 heavy (non-hydrogen) atoms. The van der Waals surface area contributed by atoms with Crippen molar-refractivity contribution in [3.05, 3.63) is 42.1 Å². The van der Waals surface area contributed by atoms with E-state index in [4.69, 9.17) is 4.74 Å². The first-order valence-electron chi connectivity index (χ1n) is 8.98. The number of unbranched alkanes of at least 4 members (excludes halogenated alkanes) is 3. The molecule has 0 aliphatic rings. The Balaban J connectivity index is 2.14. The van der Waals surface area contributed by atoms with E-state index < -0.39 is 5.97 Å². The fourth-order valence-corrected chi connectivity index (χ4v) is 2.62. The maximum atomic E-state index is 12.1. The average Bonchev–Trinajstić information content (AvgIpc) is 2.66. The normalized spacial score (nSPS) is 10.3. The van der Waals surface area contributed by atoms with Crippen LogP contribution >= 0.6 is 0 Å². The van der Waals surface area contributed by atoms with Crippen LogP contribution in [0, 0.1) is 0 Å². The Morgan fingerprint density at radius 1 is 1.19 bits per heavy atom. The molecule has 1 aromatic heterocycles. The van der Waals surface area contributed by atoms with Crippen molar-refractivity contribution in [2.75, 3.05) is 17.7 Å². The molecule has 0 atom stereocenters. The van der Waals surface area contributed by atoms with E-state index in [9.17, 15) is 14.7 Å². The zero-order chi connectivity index (χ0) is 19.6. The number of carboxylic acid groups (broad SMARTS) is 1. The summed E-state index contributed by atoms with van der Waals surface area (Å²) in [5.74, 6) is -0.420. The van der Waals surface area contributed by atoms with Gasteiger partial charge in [0.2, 0.25) is 5.91 Å². The number of amides is 1. The minimum Gasteiger partial charge on any atom is -0.495 e. The van der Waals surface area contributed by atoms with E-state index in [0.29, 0.717) is 23.5 Å². The molecule has 0 saturated carbocycles. The van der Waals surface area contributed by atoms with Crippen molar-refractivity contribution in [2.45, 2.75) is 39.0 Å². The van der Waals surface area contributed by atoms with E-state index >= 15 is 0 Å². The molecule has 0 aliphatic carbocycles. The average molecular weight is 371 g/mol. The molecule has 0 saturated heterocycles. The highest BCUT2D eigenvalue weighted by molar-refractivity contribution is 5.95. The molecule has 0 unspecified atom stereocenters. The molecule has 3 N–H and O–H groups in total. The van der Waals surface area contributed by atoms with Gasteiger partial charge < -0.3 is 20.5 Å². The van der Waals surface area contributed by atoms with Crippen molar-refractivity contribution < 1.29 is 19.4 Å². The number of benzene rings is 1. The zero-order valence-corrected chi connectivity index (χ0v) is 15.6. The molecule has 1 amide bonds. The van der Waals surface area contributed by atoms with Gasteiger partial charge in [-0.05, 0) is 36.8 Å². The molecule has 0 aliphatic heterocycles. The van der Waals surface area contributed by atoms with Crippen LogP contribution in [0.4, 0.5) is 17.2 Å². The van der Waals surface area contributed by atoms with Gasteiger partial charge >= 0.3 is 5.97 Å². The summed E-state index contributed by atoms with van der Waals surface area (Å²) in [5, 5.41) is 15.1. The number of carbonyl (C=O) groups is 2. The van der Waals surface area contributed by atoms with Gasteiger partial charge in [-0.3, -0.25) is 4.79 Å². The molecule has 0 fully saturated rings. The lowest BCUT2D eigenvalue weighted by Gasteiger charge is -2.14. The second-order valence-corrected chi connectivity index (χ2v) is 6.10. The lowest BCUT2D eigenvalue weighted by Crippen LogP contribution is -2.11. The van der Waals surface area contributed by atoms with Crippen molar-refractivity contribution in [1.82, 2.24) is 4.98 Å². The van der Waals surface area contributed by atoms with Gasteiger partial charge in [0.05, 0.1) is 12.8 Å². The Kier molecular flexibility index (Phi) is 7.61. The fraction of sp³-hybridized carbons (Fsp3) is 0.350. The van der Waals surface area contributed by atoms with E-state index in [1.54, 1.807) is 24.3 Å². The summed E-state index contributed by atoms with van der Waals surface area (Å²) in [7, 11) is 1.52. The maximum absolute atomic E-state index is 12.1. The van der Waals surface area contributed by atoms with Crippen molar-refractivity contribution in [1.29, 1.82) is 0 Å². The highest BCUT2D eigenvalue weighted by atomic mass is 16.5. The summed E-state index contributed by atoms with van der Waals surface area (Å²) in [6.07, 6.45) is 6.12. The molecular formula is C20H25N3O4. The van der Waals surface area contributed by atoms with Gasteiger partial charge in [-0.25, -0.2) is 9.78 Å². The molecule has 1 aromatic carbocycles. The lowest BCUT2D eigenvalue weighted by atomic mass is 10.1. The third kappa shape index (κ3) is 5.99. The van der Waals surface area contributed by atoms with Gasteiger partial charge in [0.25, 0.3) is 0 Å². The first-order chi connectivity index (χ1) is 13.0. The number of hydrogen-bond acceptors (Lipinski definition) is 5. The molecule has 0 radical (unpaired) electrons. The highest BCUT2D eigenvalue weighted by Gasteiger charge is 2.13. The Morgan fingerprint density at radius 3 is 2.70 bits per heavy atom. The summed E-state index contributed by atoms with van der Waals surface area (Å²) >= 11 is 0. The molecule has 0 bridgehead atoms. The van der Waals surface area contributed by atoms with E-state index in [1.807, 2.05) is 0 Å². The summed E-state index contributed by atoms with van der Waals surface area (Å²) < 4.78 is 5.32. The molecule has 7 heteroatoms. The number of aromatic nitrogens is 1. The topological polar surface area (TPSA) is 101 Å². The molecule has 2 rings (SSSR count). The van der Waals surface area contributed by atoms with Crippen LogP contribution in [0.2, 0.25) is 0 Å². The van der Waals surface area contributed by atoms with Gasteiger partial charge in [0.15, 0.2) is 0 Å².